The average Bonchev–Trinajstić information content (AvgIpc) is 3.43. The molecule has 0 saturated carbocycles. The van der Waals surface area contributed by atoms with Crippen molar-refractivity contribution < 1.29 is 9.59 Å². The predicted octanol–water partition coefficient (Wildman–Crippen LogP) is 7.17. The fraction of sp³-hybridized carbons (Fsp3) is 0.273. The lowest BCUT2D eigenvalue weighted by atomic mass is 9.97. The van der Waals surface area contributed by atoms with Gasteiger partial charge in [0.2, 0.25) is 5.91 Å². The van der Waals surface area contributed by atoms with Crippen LogP contribution in [0.3, 0.4) is 0 Å². The zero-order valence-corrected chi connectivity index (χ0v) is 23.1. The molecule has 1 aliphatic rings. The molecule has 1 unspecified atom stereocenters. The van der Waals surface area contributed by atoms with Gasteiger partial charge in [0, 0.05) is 18.4 Å². The van der Waals surface area contributed by atoms with Crippen LogP contribution < -0.4 is 10.2 Å². The van der Waals surface area contributed by atoms with E-state index < -0.39 is 0 Å². The van der Waals surface area contributed by atoms with Gasteiger partial charge in [-0.1, -0.05) is 73.5 Å². The van der Waals surface area contributed by atoms with Crippen molar-refractivity contribution in [1.82, 2.24) is 9.47 Å². The van der Waals surface area contributed by atoms with E-state index in [4.69, 9.17) is 0 Å². The molecule has 4 aromatic rings. The van der Waals surface area contributed by atoms with Crippen molar-refractivity contribution in [1.29, 1.82) is 0 Å². The van der Waals surface area contributed by atoms with Crippen LogP contribution >= 0.6 is 0 Å². The van der Waals surface area contributed by atoms with Gasteiger partial charge in [0.25, 0.3) is 0 Å². The number of nitrogens with zero attached hydrogens (tertiary/aromatic N) is 3. The molecule has 5 rings (SSSR count). The van der Waals surface area contributed by atoms with E-state index in [1.54, 1.807) is 4.90 Å². The van der Waals surface area contributed by atoms with E-state index in [0.717, 1.165) is 57.9 Å². The zero-order valence-electron chi connectivity index (χ0n) is 23.1. The van der Waals surface area contributed by atoms with Gasteiger partial charge in [0.1, 0.15) is 12.6 Å². The van der Waals surface area contributed by atoms with Crippen LogP contribution in [0.4, 0.5) is 16.2 Å². The lowest BCUT2D eigenvalue weighted by Crippen LogP contribution is -2.48. The minimum atomic E-state index is -0.308. The largest absolute Gasteiger partial charge is 0.322 e. The normalized spacial score (nSPS) is 13.9. The molecule has 6 heteroatoms. The van der Waals surface area contributed by atoms with Crippen molar-refractivity contribution in [2.45, 2.75) is 46.6 Å². The second-order valence-electron chi connectivity index (χ2n) is 10.3. The third-order valence-electron chi connectivity index (χ3n) is 7.49. The third kappa shape index (κ3) is 5.19. The first kappa shape index (κ1) is 26.3. The second kappa shape index (κ2) is 11.2. The Morgan fingerprint density at radius 3 is 2.23 bits per heavy atom. The van der Waals surface area contributed by atoms with E-state index in [1.807, 2.05) is 73.5 Å². The molecule has 6 nitrogen and oxygen atoms in total. The number of carbonyl (C=O) groups excluding carboxylic acids is 2. The summed E-state index contributed by atoms with van der Waals surface area (Å²) < 4.78 is 2.16. The number of hydrogen-bond acceptors (Lipinski definition) is 2. The highest BCUT2D eigenvalue weighted by atomic mass is 16.2. The summed E-state index contributed by atoms with van der Waals surface area (Å²) in [7, 11) is 0. The molecule has 2 heterocycles. The van der Waals surface area contributed by atoms with Gasteiger partial charge in [-0.3, -0.25) is 9.69 Å². The number of para-hydroxylation sites is 3. The number of aryl methyl sites for hydroxylation is 3. The molecule has 0 spiro atoms. The predicted molar refractivity (Wildman–Crippen MR) is 158 cm³/mol. The molecule has 0 saturated heterocycles. The highest BCUT2D eigenvalue weighted by Crippen LogP contribution is 2.42. The molecule has 3 amide bonds. The SMILES string of the molecule is CCCCN(CC(=O)N1c2ccccc2-n2cccc2C1c1ccc(C)cc1)C(=O)Nc1c(C)cccc1C. The Morgan fingerprint density at radius 2 is 1.54 bits per heavy atom. The smallest absolute Gasteiger partial charge is 0.316 e. The molecule has 1 atom stereocenters. The number of rotatable bonds is 7. The molecule has 1 aromatic heterocycles. The molecule has 0 aliphatic carbocycles. The van der Waals surface area contributed by atoms with Crippen LogP contribution in [0, 0.1) is 20.8 Å². The monoisotopic (exact) mass is 520 g/mol. The van der Waals surface area contributed by atoms with Gasteiger partial charge >= 0.3 is 6.03 Å². The minimum Gasteiger partial charge on any atom is -0.316 e. The molecule has 39 heavy (non-hydrogen) atoms. The van der Waals surface area contributed by atoms with Crippen molar-refractivity contribution >= 4 is 23.3 Å². The Bertz CT molecular complexity index is 1470. The van der Waals surface area contributed by atoms with Crippen molar-refractivity contribution in [3.63, 3.8) is 0 Å². The number of unbranched alkanes of at least 4 members (excludes halogenated alkanes) is 1. The van der Waals surface area contributed by atoms with Crippen molar-refractivity contribution in [3.8, 4) is 5.69 Å². The first-order valence-corrected chi connectivity index (χ1v) is 13.7. The van der Waals surface area contributed by atoms with Crippen molar-refractivity contribution in [3.05, 3.63) is 113 Å². The lowest BCUT2D eigenvalue weighted by Gasteiger charge is -2.39. The Morgan fingerprint density at radius 1 is 0.846 bits per heavy atom. The molecule has 0 bridgehead atoms. The van der Waals surface area contributed by atoms with Gasteiger partial charge in [0.05, 0.1) is 17.1 Å². The molecule has 0 radical (unpaired) electrons. The maximum absolute atomic E-state index is 14.3. The van der Waals surface area contributed by atoms with Crippen molar-refractivity contribution in [2.75, 3.05) is 23.3 Å². The topological polar surface area (TPSA) is 57.6 Å². The maximum atomic E-state index is 14.3. The molecule has 3 aromatic carbocycles. The Hall–Kier alpha value is -4.32. The molecular weight excluding hydrogens is 484 g/mol. The first-order valence-electron chi connectivity index (χ1n) is 13.7. The van der Waals surface area contributed by atoms with Gasteiger partial charge in [-0.15, -0.1) is 0 Å². The fourth-order valence-electron chi connectivity index (χ4n) is 5.36. The number of nitrogens with one attached hydrogen (secondary N) is 1. The lowest BCUT2D eigenvalue weighted by molar-refractivity contribution is -0.119. The summed E-state index contributed by atoms with van der Waals surface area (Å²) in [6.07, 6.45) is 3.78. The van der Waals surface area contributed by atoms with Crippen LogP contribution in [0.5, 0.6) is 0 Å². The number of aromatic nitrogens is 1. The Labute approximate surface area is 230 Å². The van der Waals surface area contributed by atoms with Crippen LogP contribution in [-0.2, 0) is 4.79 Å². The highest BCUT2D eigenvalue weighted by Gasteiger charge is 2.37. The molecule has 1 aliphatic heterocycles. The summed E-state index contributed by atoms with van der Waals surface area (Å²) in [6.45, 7) is 8.60. The summed E-state index contributed by atoms with van der Waals surface area (Å²) in [5, 5.41) is 3.09. The highest BCUT2D eigenvalue weighted by molar-refractivity contribution is 6.01. The van der Waals surface area contributed by atoms with E-state index in [1.165, 1.54) is 0 Å². The third-order valence-corrected chi connectivity index (χ3v) is 7.49. The van der Waals surface area contributed by atoms with Gasteiger partial charge in [-0.05, 0) is 68.1 Å². The van der Waals surface area contributed by atoms with Crippen LogP contribution in [0.25, 0.3) is 5.69 Å². The van der Waals surface area contributed by atoms with Gasteiger partial charge < -0.3 is 14.8 Å². The maximum Gasteiger partial charge on any atom is 0.322 e. The van der Waals surface area contributed by atoms with Crippen LogP contribution in [0.2, 0.25) is 0 Å². The average molecular weight is 521 g/mol. The number of benzene rings is 3. The second-order valence-corrected chi connectivity index (χ2v) is 10.3. The Balaban J connectivity index is 1.51. The summed E-state index contributed by atoms with van der Waals surface area (Å²) in [5.74, 6) is -0.117. The van der Waals surface area contributed by atoms with E-state index in [2.05, 4.69) is 54.1 Å². The number of amides is 3. The summed E-state index contributed by atoms with van der Waals surface area (Å²) >= 11 is 0. The van der Waals surface area contributed by atoms with E-state index in [0.29, 0.717) is 6.54 Å². The van der Waals surface area contributed by atoms with Gasteiger partial charge in [-0.25, -0.2) is 4.79 Å². The standard InChI is InChI=1S/C33H36N4O2/c1-5-6-20-35(33(39)34-31-24(3)11-9-12-25(31)4)22-30(38)37-28-14-8-7-13-27(28)36-21-10-15-29(36)32(37)26-18-16-23(2)17-19-26/h7-19,21,32H,5-6,20,22H2,1-4H3,(H,34,39). The summed E-state index contributed by atoms with van der Waals surface area (Å²) in [4.78, 5) is 31.4. The number of carbonyl (C=O) groups is 2. The number of fused-ring (bicyclic) bond motifs is 3. The molecular formula is C33H36N4O2. The first-order chi connectivity index (χ1) is 18.9. The number of hydrogen-bond donors (Lipinski definition) is 1. The zero-order chi connectivity index (χ0) is 27.5. The van der Waals surface area contributed by atoms with Gasteiger partial charge in [-0.2, -0.15) is 0 Å². The molecule has 1 N–H and O–H groups in total. The van der Waals surface area contributed by atoms with Crippen molar-refractivity contribution in [2.24, 2.45) is 0 Å². The van der Waals surface area contributed by atoms with Crippen LogP contribution in [0.1, 0.15) is 53.8 Å². The minimum absolute atomic E-state index is 0.0197. The number of anilines is 2. The van der Waals surface area contributed by atoms with Crippen LogP contribution in [0.15, 0.2) is 85.1 Å². The Kier molecular flexibility index (Phi) is 7.55. The van der Waals surface area contributed by atoms with E-state index in [9.17, 15) is 9.59 Å². The summed E-state index contributed by atoms with van der Waals surface area (Å²) in [5.41, 5.74) is 7.80. The van der Waals surface area contributed by atoms with E-state index in [-0.39, 0.29) is 24.5 Å². The quantitative estimate of drug-likeness (QED) is 0.281. The van der Waals surface area contributed by atoms with Gasteiger partial charge in [0.15, 0.2) is 0 Å². The fourth-order valence-corrected chi connectivity index (χ4v) is 5.36. The summed E-state index contributed by atoms with van der Waals surface area (Å²) in [6, 6.07) is 25.8. The van der Waals surface area contributed by atoms with E-state index >= 15 is 0 Å². The van der Waals surface area contributed by atoms with Crippen LogP contribution in [-0.4, -0.2) is 34.5 Å². The molecule has 200 valence electrons. The molecule has 0 fully saturated rings. The number of urea groups is 1.